The summed E-state index contributed by atoms with van der Waals surface area (Å²) in [4.78, 5) is 111. The number of ether oxygens (including phenoxy) is 1. The average Bonchev–Trinajstić information content (AvgIpc) is 1.23. The summed E-state index contributed by atoms with van der Waals surface area (Å²) in [6.07, 6.45) is 42.1. The molecule has 0 bridgehead atoms. The van der Waals surface area contributed by atoms with Crippen LogP contribution in [0.4, 0.5) is 16.1 Å². The van der Waals surface area contributed by atoms with E-state index < -0.39 is 0 Å². The molecular formula is C110H150N32O3S4. The van der Waals surface area contributed by atoms with Gasteiger partial charge in [0.15, 0.2) is 49.5 Å². The van der Waals surface area contributed by atoms with Crippen molar-refractivity contribution in [3.8, 4) is 45.5 Å². The second kappa shape index (κ2) is 60.7. The number of methoxy groups -OCH3 is 1. The summed E-state index contributed by atoms with van der Waals surface area (Å²) in [5.41, 5.74) is 13.7. The number of hydrogen-bond donors (Lipinski definition) is 0. The van der Waals surface area contributed by atoms with E-state index in [-0.39, 0.29) is 21.9 Å². The van der Waals surface area contributed by atoms with Crippen molar-refractivity contribution < 1.29 is 4.74 Å². The molecule has 0 aliphatic carbocycles. The molecular weight excluding hydrogens is 1950 g/mol. The van der Waals surface area contributed by atoms with Gasteiger partial charge in [-0.15, -0.1) is 45.3 Å². The zero-order chi connectivity index (χ0) is 110. The standard InChI is InChI=1S/C12H13N3O.2C11H14N4.C11H12N2OS.C10H12N4.C10H18N2S.C9H11N3S.C9H11N3.C9H15N3.C9H14N2O.C9H16N2S/c1-9(2)10-7-14-11(8-13-10)15-6-4-3-5-12(15)16;1-8(2)10-5-13-11(6-12-10)15-7-9(3)4-14-15;1-8(2)10-6-13-11(7-12-10)15-5-4-9(3)14-15;1-8(2)9-7-15-11(12-9)13-6-4-3-5-10(13)14;1-8(2)9-6-12-10(7-11-9)14-5-3-4-13-14;1-5-12(6-2)10-11-9(7-13-10)8(3)4;1-7(2)8-5-13-9(11-8)12-4-3-10-6-12;1-9(2,3)8-6-11-5-7(4-10)12-8;1-7(2)8-5-10-6-9(11-8)12(3)4;1-9(2,3)7-5-10-6-8(11-7)12-4;1-5-11(4)9-10-8(6-12-9)7(2)3/h3-9H,1-2H3;2*4-8H,1-3H3;3-8H,1-2H3;3-8H,1-2H3;7-8H,5-6H2,1-4H3;3-7H,1-2H3;5-6H,1-3H3;5-7H,1-4H3;5-6H,1-4H3;6-7H,5H2,1-4H3. The van der Waals surface area contributed by atoms with Crippen LogP contribution in [0.5, 0.6) is 5.88 Å². The lowest BCUT2D eigenvalue weighted by molar-refractivity contribution is 0.389. The minimum Gasteiger partial charge on any atom is -0.480 e. The molecule has 0 saturated heterocycles. The van der Waals surface area contributed by atoms with Crippen LogP contribution in [0.1, 0.15) is 320 Å². The Balaban J connectivity index is 0.000000222. The lowest BCUT2D eigenvalue weighted by Crippen LogP contribution is -2.21. The molecule has 0 aromatic carbocycles. The summed E-state index contributed by atoms with van der Waals surface area (Å²) in [7, 11) is 7.60. The van der Waals surface area contributed by atoms with E-state index in [0.29, 0.717) is 70.7 Å². The highest BCUT2D eigenvalue weighted by molar-refractivity contribution is 7.14. The van der Waals surface area contributed by atoms with Gasteiger partial charge in [-0.25, -0.2) is 73.9 Å². The van der Waals surface area contributed by atoms with Gasteiger partial charge in [-0.05, 0) is 118 Å². The maximum atomic E-state index is 11.5. The van der Waals surface area contributed by atoms with Gasteiger partial charge in [-0.3, -0.25) is 58.2 Å². The molecule has 0 fully saturated rings. The van der Waals surface area contributed by atoms with E-state index >= 15 is 0 Å². The molecule has 17 aromatic rings. The monoisotopic (exact) mass is 2100 g/mol. The van der Waals surface area contributed by atoms with E-state index in [4.69, 9.17) is 10.00 Å². The molecule has 0 aliphatic heterocycles. The Kier molecular flexibility index (Phi) is 49.5. The zero-order valence-corrected chi connectivity index (χ0v) is 96.0. The third-order valence-corrected chi connectivity index (χ3v) is 25.1. The van der Waals surface area contributed by atoms with Crippen molar-refractivity contribution in [2.24, 2.45) is 0 Å². The van der Waals surface area contributed by atoms with E-state index in [0.717, 1.165) is 126 Å². The molecule has 0 spiro atoms. The highest BCUT2D eigenvalue weighted by Crippen LogP contribution is 2.29. The van der Waals surface area contributed by atoms with Crippen LogP contribution >= 0.6 is 45.3 Å². The average molecular weight is 2100 g/mol. The predicted molar refractivity (Wildman–Crippen MR) is 604 cm³/mol. The summed E-state index contributed by atoms with van der Waals surface area (Å²) in [6, 6.07) is 15.9. The van der Waals surface area contributed by atoms with Gasteiger partial charge in [-0.2, -0.15) is 20.6 Å². The molecule has 0 unspecified atom stereocenters. The Morgan fingerprint density at radius 1 is 0.389 bits per heavy atom. The Hall–Kier alpha value is -14.5. The van der Waals surface area contributed by atoms with Gasteiger partial charge in [0.05, 0.1) is 150 Å². The minimum absolute atomic E-state index is 0.0293. The Morgan fingerprint density at radius 3 is 1.24 bits per heavy atom. The molecule has 17 aromatic heterocycles. The molecule has 792 valence electrons. The van der Waals surface area contributed by atoms with E-state index in [2.05, 4.69) is 309 Å². The lowest BCUT2D eigenvalue weighted by atomic mass is 9.93. The van der Waals surface area contributed by atoms with Gasteiger partial charge in [0.2, 0.25) is 5.88 Å². The van der Waals surface area contributed by atoms with E-state index in [1.165, 1.54) is 45.6 Å². The second-order valence-electron chi connectivity index (χ2n) is 39.1. The SMILES string of the molecule is CC(C)(C)c1cncc(C#N)n1.CC(C)c1cnc(-n2ccccc2=O)cn1.CC(C)c1cnc(-n2cccn2)cn1.CC(C)c1cncc(N(C)C)n1.CC(C)c1csc(-n2ccccc2=O)n1.CC(C)c1csc(-n2ccnc2)n1.CCN(C)c1nc(C(C)C)cs1.CCN(CC)c1nc(C(C)C)cs1.COc1cncc(C(C)(C)C)n1.Cc1ccn(-c2cnc(C(C)C)cn2)n1.Cc1cnn(-c2cnc(C(C)C)cn2)c1. The Morgan fingerprint density at radius 2 is 0.839 bits per heavy atom. The molecule has 0 amide bonds. The first-order valence-corrected chi connectivity index (χ1v) is 53.3. The molecule has 35 nitrogen and oxygen atoms in total. The van der Waals surface area contributed by atoms with Gasteiger partial charge in [0, 0.05) is 153 Å². The normalized spacial score (nSPS) is 10.9. The number of aryl methyl sites for hydroxylation is 2. The van der Waals surface area contributed by atoms with Crippen molar-refractivity contribution in [3.05, 3.63) is 319 Å². The van der Waals surface area contributed by atoms with Gasteiger partial charge in [0.25, 0.3) is 11.1 Å². The molecule has 0 radical (unpaired) electrons. The highest BCUT2D eigenvalue weighted by atomic mass is 32.1. The molecule has 0 atom stereocenters. The van der Waals surface area contributed by atoms with Crippen molar-refractivity contribution in [3.63, 3.8) is 0 Å². The molecule has 0 N–H and O–H groups in total. The van der Waals surface area contributed by atoms with E-state index in [1.54, 1.807) is 190 Å². The van der Waals surface area contributed by atoms with Crippen molar-refractivity contribution in [2.75, 3.05) is 62.6 Å². The maximum Gasteiger partial charge on any atom is 0.256 e. The number of hydrogen-bond acceptors (Lipinski definition) is 33. The van der Waals surface area contributed by atoms with Crippen LogP contribution in [0.25, 0.3) is 33.5 Å². The number of thiazole rings is 4. The smallest absolute Gasteiger partial charge is 0.256 e. The topological polar surface area (TPSA) is 390 Å². The number of nitriles is 1. The maximum absolute atomic E-state index is 11.5. The summed E-state index contributed by atoms with van der Waals surface area (Å²) >= 11 is 6.62. The van der Waals surface area contributed by atoms with Crippen molar-refractivity contribution in [2.45, 2.75) is 265 Å². The molecule has 0 aliphatic rings. The van der Waals surface area contributed by atoms with Crippen molar-refractivity contribution >= 4 is 61.4 Å². The van der Waals surface area contributed by atoms with Gasteiger partial charge < -0.3 is 19.4 Å². The first-order valence-electron chi connectivity index (χ1n) is 49.8. The summed E-state index contributed by atoms with van der Waals surface area (Å²) in [5.74, 6) is 8.29. The van der Waals surface area contributed by atoms with Crippen molar-refractivity contribution in [1.29, 1.82) is 5.26 Å². The second-order valence-corrected chi connectivity index (χ2v) is 42.5. The molecule has 17 heterocycles. The highest BCUT2D eigenvalue weighted by Gasteiger charge is 2.20. The summed E-state index contributed by atoms with van der Waals surface area (Å²) < 4.78 is 15.1. The van der Waals surface area contributed by atoms with E-state index in [1.807, 2.05) is 119 Å². The van der Waals surface area contributed by atoms with Crippen LogP contribution < -0.4 is 30.6 Å². The first kappa shape index (κ1) is 121. The third-order valence-electron chi connectivity index (χ3n) is 21.5. The Labute approximate surface area is 895 Å². The summed E-state index contributed by atoms with van der Waals surface area (Å²) in [5, 5.41) is 33.5. The lowest BCUT2D eigenvalue weighted by Gasteiger charge is -2.16. The fourth-order valence-electron chi connectivity index (χ4n) is 11.9. The largest absolute Gasteiger partial charge is 0.480 e. The predicted octanol–water partition coefficient (Wildman–Crippen LogP) is 23.5. The first-order chi connectivity index (χ1) is 70.7. The van der Waals surface area contributed by atoms with Gasteiger partial charge >= 0.3 is 0 Å². The zero-order valence-electron chi connectivity index (χ0n) is 92.8. The van der Waals surface area contributed by atoms with Gasteiger partial charge in [-0.1, -0.05) is 178 Å². The van der Waals surface area contributed by atoms with Crippen LogP contribution in [0.3, 0.4) is 0 Å². The van der Waals surface area contributed by atoms with Crippen molar-refractivity contribution in [1.82, 2.24) is 138 Å². The van der Waals surface area contributed by atoms with Crippen LogP contribution in [-0.2, 0) is 10.8 Å². The quantitative estimate of drug-likeness (QED) is 0.0608. The molecule has 17 rings (SSSR count). The fourth-order valence-corrected chi connectivity index (χ4v) is 15.9. The van der Waals surface area contributed by atoms with E-state index in [9.17, 15) is 9.59 Å². The van der Waals surface area contributed by atoms with Gasteiger partial charge in [0.1, 0.15) is 18.2 Å². The van der Waals surface area contributed by atoms with Crippen LogP contribution in [0, 0.1) is 25.2 Å². The van der Waals surface area contributed by atoms with Crippen LogP contribution in [0.2, 0.25) is 0 Å². The number of nitrogens with zero attached hydrogens (tertiary/aromatic N) is 32. The number of anilines is 3. The number of aromatic nitrogens is 28. The van der Waals surface area contributed by atoms with Crippen LogP contribution in [0.15, 0.2) is 228 Å². The number of rotatable bonds is 22. The number of imidazole rings is 1. The summed E-state index contributed by atoms with van der Waals surface area (Å²) in [6.45, 7) is 64.0. The fraction of sp³-hybridized carbons (Fsp3) is 0.427. The molecule has 0 saturated carbocycles. The van der Waals surface area contributed by atoms with Crippen LogP contribution in [-0.4, -0.2) is 186 Å². The molecule has 39 heteroatoms. The minimum atomic E-state index is -0.103. The third kappa shape index (κ3) is 40.3. The molecule has 149 heavy (non-hydrogen) atoms. The number of pyridine rings is 2. The Bertz CT molecular complexity index is 6720.